The Hall–Kier alpha value is -1.68. The first-order valence-corrected chi connectivity index (χ1v) is 6.71. The number of nitrogens with one attached hydrogen (secondary N) is 1. The maximum atomic E-state index is 11.8. The molecule has 0 aliphatic carbocycles. The van der Waals surface area contributed by atoms with E-state index in [1.165, 1.54) is 16.9 Å². The minimum atomic E-state index is -0.167. The number of amides is 1. The average Bonchev–Trinajstić information content (AvgIpc) is 2.82. The Morgan fingerprint density at radius 1 is 1.22 bits per heavy atom. The number of thiazole rings is 1. The van der Waals surface area contributed by atoms with Gasteiger partial charge in [-0.05, 0) is 23.1 Å². The number of nitrogens with zero attached hydrogens (tertiary/aromatic N) is 1. The second kappa shape index (κ2) is 4.90. The van der Waals surface area contributed by atoms with Gasteiger partial charge in [0.1, 0.15) is 5.69 Å². The number of anilines is 1. The Morgan fingerprint density at radius 3 is 2.39 bits per heavy atom. The van der Waals surface area contributed by atoms with Crippen molar-refractivity contribution in [1.82, 2.24) is 4.98 Å². The third-order valence-corrected chi connectivity index (χ3v) is 3.26. The number of hydrogen-bond donors (Lipinski definition) is 1. The van der Waals surface area contributed by atoms with Gasteiger partial charge in [-0.2, -0.15) is 0 Å². The smallest absolute Gasteiger partial charge is 0.275 e. The Bertz CT molecular complexity index is 524. The predicted octanol–water partition coefficient (Wildman–Crippen LogP) is 3.69. The van der Waals surface area contributed by atoms with E-state index in [-0.39, 0.29) is 11.3 Å². The van der Waals surface area contributed by atoms with E-state index in [9.17, 15) is 4.79 Å². The molecule has 2 rings (SSSR count). The Balaban J connectivity index is 2.09. The Morgan fingerprint density at radius 2 is 1.89 bits per heavy atom. The molecule has 3 nitrogen and oxygen atoms in total. The van der Waals surface area contributed by atoms with Gasteiger partial charge < -0.3 is 5.32 Å². The zero-order valence-electron chi connectivity index (χ0n) is 10.7. The van der Waals surface area contributed by atoms with Crippen LogP contribution in [0.2, 0.25) is 0 Å². The molecule has 1 amide bonds. The van der Waals surface area contributed by atoms with Gasteiger partial charge in [-0.25, -0.2) is 4.98 Å². The normalized spacial score (nSPS) is 11.3. The molecular formula is C14H16N2OS. The lowest BCUT2D eigenvalue weighted by Crippen LogP contribution is -2.13. The molecule has 0 aliphatic rings. The highest BCUT2D eigenvalue weighted by Gasteiger charge is 2.13. The first-order valence-electron chi connectivity index (χ1n) is 5.77. The quantitative estimate of drug-likeness (QED) is 0.894. The van der Waals surface area contributed by atoms with E-state index in [2.05, 4.69) is 31.1 Å². The Kier molecular flexibility index (Phi) is 3.48. The molecule has 0 aliphatic heterocycles. The summed E-state index contributed by atoms with van der Waals surface area (Å²) in [7, 11) is 0. The molecule has 0 fully saturated rings. The van der Waals surface area contributed by atoms with E-state index in [4.69, 9.17) is 0 Å². The van der Waals surface area contributed by atoms with Gasteiger partial charge in [0, 0.05) is 11.1 Å². The zero-order valence-corrected chi connectivity index (χ0v) is 11.5. The molecule has 1 heterocycles. The lowest BCUT2D eigenvalue weighted by Gasteiger charge is -2.19. The second-order valence-corrected chi connectivity index (χ2v) is 5.87. The molecule has 2 aromatic rings. The number of carbonyl (C=O) groups is 1. The summed E-state index contributed by atoms with van der Waals surface area (Å²) in [6.45, 7) is 6.49. The molecule has 1 N–H and O–H groups in total. The van der Waals surface area contributed by atoms with Gasteiger partial charge in [-0.15, -0.1) is 11.3 Å². The Labute approximate surface area is 111 Å². The summed E-state index contributed by atoms with van der Waals surface area (Å²) in [5.41, 5.74) is 4.27. The summed E-state index contributed by atoms with van der Waals surface area (Å²) in [4.78, 5) is 15.8. The van der Waals surface area contributed by atoms with Crippen LogP contribution in [-0.2, 0) is 5.41 Å². The van der Waals surface area contributed by atoms with Crippen LogP contribution in [0.4, 0.5) is 5.69 Å². The minimum absolute atomic E-state index is 0.122. The largest absolute Gasteiger partial charge is 0.321 e. The van der Waals surface area contributed by atoms with E-state index in [1.807, 2.05) is 24.3 Å². The highest BCUT2D eigenvalue weighted by Crippen LogP contribution is 2.23. The molecule has 1 aromatic carbocycles. The third-order valence-electron chi connectivity index (χ3n) is 2.67. The van der Waals surface area contributed by atoms with Crippen molar-refractivity contribution in [3.63, 3.8) is 0 Å². The highest BCUT2D eigenvalue weighted by molar-refractivity contribution is 7.07. The van der Waals surface area contributed by atoms with Gasteiger partial charge in [-0.3, -0.25) is 4.79 Å². The van der Waals surface area contributed by atoms with Crippen LogP contribution in [0.1, 0.15) is 36.8 Å². The van der Waals surface area contributed by atoms with Gasteiger partial charge in [-0.1, -0.05) is 32.9 Å². The maximum absolute atomic E-state index is 11.8. The maximum Gasteiger partial charge on any atom is 0.275 e. The van der Waals surface area contributed by atoms with Crippen LogP contribution < -0.4 is 5.32 Å². The van der Waals surface area contributed by atoms with E-state index in [1.54, 1.807) is 10.9 Å². The molecule has 0 unspecified atom stereocenters. The van der Waals surface area contributed by atoms with Crippen LogP contribution in [0, 0.1) is 0 Å². The molecule has 18 heavy (non-hydrogen) atoms. The summed E-state index contributed by atoms with van der Waals surface area (Å²) < 4.78 is 0. The predicted molar refractivity (Wildman–Crippen MR) is 75.2 cm³/mol. The molecule has 0 bridgehead atoms. The fraction of sp³-hybridized carbons (Fsp3) is 0.286. The standard InChI is InChI=1S/C14H16N2OS/c1-14(2,3)10-4-6-11(7-5-10)16-13(17)12-8-18-9-15-12/h4-9H,1-3H3,(H,16,17). The summed E-state index contributed by atoms with van der Waals surface area (Å²) in [5.74, 6) is -0.167. The molecule has 0 radical (unpaired) electrons. The fourth-order valence-corrected chi connectivity index (χ4v) is 2.11. The third kappa shape index (κ3) is 2.96. The molecule has 0 spiro atoms. The number of benzene rings is 1. The number of aromatic nitrogens is 1. The lowest BCUT2D eigenvalue weighted by atomic mass is 9.87. The molecule has 1 aromatic heterocycles. The molecule has 0 atom stereocenters. The molecule has 94 valence electrons. The molecule has 0 saturated heterocycles. The van der Waals surface area contributed by atoms with Gasteiger partial charge in [0.25, 0.3) is 5.91 Å². The van der Waals surface area contributed by atoms with E-state index >= 15 is 0 Å². The van der Waals surface area contributed by atoms with Crippen molar-refractivity contribution in [2.75, 3.05) is 5.32 Å². The molecule has 4 heteroatoms. The molecular weight excluding hydrogens is 244 g/mol. The van der Waals surface area contributed by atoms with Gasteiger partial charge in [0.15, 0.2) is 0 Å². The molecule has 0 saturated carbocycles. The van der Waals surface area contributed by atoms with Crippen molar-refractivity contribution in [1.29, 1.82) is 0 Å². The van der Waals surface area contributed by atoms with E-state index in [0.29, 0.717) is 5.69 Å². The lowest BCUT2D eigenvalue weighted by molar-refractivity contribution is 0.102. The van der Waals surface area contributed by atoms with Crippen LogP contribution in [0.5, 0.6) is 0 Å². The SMILES string of the molecule is CC(C)(C)c1ccc(NC(=O)c2cscn2)cc1. The van der Waals surface area contributed by atoms with Crippen LogP contribution in [-0.4, -0.2) is 10.9 Å². The summed E-state index contributed by atoms with van der Waals surface area (Å²) in [6, 6.07) is 7.92. The van der Waals surface area contributed by atoms with Crippen molar-refractivity contribution in [2.45, 2.75) is 26.2 Å². The van der Waals surface area contributed by atoms with Gasteiger partial charge >= 0.3 is 0 Å². The van der Waals surface area contributed by atoms with E-state index < -0.39 is 0 Å². The zero-order chi connectivity index (χ0) is 13.2. The topological polar surface area (TPSA) is 42.0 Å². The fourth-order valence-electron chi connectivity index (χ4n) is 1.57. The first kappa shape index (κ1) is 12.8. The summed E-state index contributed by atoms with van der Waals surface area (Å²) in [5, 5.41) is 4.56. The first-order chi connectivity index (χ1) is 8.47. The van der Waals surface area contributed by atoms with Gasteiger partial charge in [0.05, 0.1) is 5.51 Å². The van der Waals surface area contributed by atoms with Crippen molar-refractivity contribution in [3.05, 3.63) is 46.4 Å². The van der Waals surface area contributed by atoms with Gasteiger partial charge in [0.2, 0.25) is 0 Å². The number of rotatable bonds is 2. The van der Waals surface area contributed by atoms with Crippen LogP contribution in [0.3, 0.4) is 0 Å². The van der Waals surface area contributed by atoms with Crippen LogP contribution in [0.15, 0.2) is 35.2 Å². The monoisotopic (exact) mass is 260 g/mol. The van der Waals surface area contributed by atoms with Crippen molar-refractivity contribution >= 4 is 22.9 Å². The van der Waals surface area contributed by atoms with Crippen molar-refractivity contribution in [3.8, 4) is 0 Å². The number of hydrogen-bond acceptors (Lipinski definition) is 3. The number of carbonyl (C=O) groups excluding carboxylic acids is 1. The average molecular weight is 260 g/mol. The van der Waals surface area contributed by atoms with E-state index in [0.717, 1.165) is 5.69 Å². The van der Waals surface area contributed by atoms with Crippen LogP contribution >= 0.6 is 11.3 Å². The van der Waals surface area contributed by atoms with Crippen molar-refractivity contribution in [2.24, 2.45) is 0 Å². The highest BCUT2D eigenvalue weighted by atomic mass is 32.1. The second-order valence-electron chi connectivity index (χ2n) is 5.16. The van der Waals surface area contributed by atoms with Crippen LogP contribution in [0.25, 0.3) is 0 Å². The minimum Gasteiger partial charge on any atom is -0.321 e. The summed E-state index contributed by atoms with van der Waals surface area (Å²) in [6.07, 6.45) is 0. The van der Waals surface area contributed by atoms with Crippen molar-refractivity contribution < 1.29 is 4.79 Å². The summed E-state index contributed by atoms with van der Waals surface area (Å²) >= 11 is 1.41.